The lowest BCUT2D eigenvalue weighted by molar-refractivity contribution is 1.03. The molecule has 0 aliphatic carbocycles. The van der Waals surface area contributed by atoms with Gasteiger partial charge in [-0.05, 0) is 42.5 Å². The number of nitrogens with zero attached hydrogens (tertiary/aromatic N) is 9. The minimum absolute atomic E-state index is 0.747. The van der Waals surface area contributed by atoms with E-state index in [0.29, 0.717) is 0 Å². The molecule has 150 valence electrons. The Bertz CT molecular complexity index is 1640. The monoisotopic (exact) mass is 415 g/mol. The Morgan fingerprint density at radius 3 is 1.50 bits per heavy atom. The second kappa shape index (κ2) is 6.35. The molecule has 0 N–H and O–H groups in total. The van der Waals surface area contributed by atoms with Crippen LogP contribution in [0.15, 0.2) is 79.9 Å². The van der Waals surface area contributed by atoms with Gasteiger partial charge in [-0.25, -0.2) is 24.9 Å². The summed E-state index contributed by atoms with van der Waals surface area (Å²) in [5, 5.41) is 0. The van der Waals surface area contributed by atoms with E-state index in [-0.39, 0.29) is 0 Å². The van der Waals surface area contributed by atoms with Gasteiger partial charge >= 0.3 is 0 Å². The van der Waals surface area contributed by atoms with Crippen LogP contribution in [0.2, 0.25) is 0 Å². The van der Waals surface area contributed by atoms with E-state index in [9.17, 15) is 0 Å². The third kappa shape index (κ3) is 2.24. The third-order valence-electron chi connectivity index (χ3n) is 5.56. The molecule has 0 aliphatic heterocycles. The van der Waals surface area contributed by atoms with Crippen molar-refractivity contribution in [3.05, 3.63) is 79.9 Å². The molecule has 0 aromatic carbocycles. The van der Waals surface area contributed by atoms with Crippen molar-refractivity contribution in [3.8, 4) is 11.6 Å². The van der Waals surface area contributed by atoms with Crippen LogP contribution in [0.25, 0.3) is 55.8 Å². The molecule has 0 saturated carbocycles. The van der Waals surface area contributed by atoms with E-state index in [1.807, 2.05) is 36.4 Å². The van der Waals surface area contributed by atoms with Crippen molar-refractivity contribution in [3.63, 3.8) is 0 Å². The maximum atomic E-state index is 5.07. The van der Waals surface area contributed by atoms with Gasteiger partial charge in [0.2, 0.25) is 0 Å². The van der Waals surface area contributed by atoms with Gasteiger partial charge < -0.3 is 0 Å². The third-order valence-corrected chi connectivity index (χ3v) is 5.56. The highest BCUT2D eigenvalue weighted by atomic mass is 15.1. The minimum atomic E-state index is 0.747. The number of fused-ring (bicyclic) bond motifs is 6. The van der Waals surface area contributed by atoms with E-state index in [2.05, 4.69) is 45.1 Å². The van der Waals surface area contributed by atoms with E-state index in [1.54, 1.807) is 24.8 Å². The van der Waals surface area contributed by atoms with Crippen molar-refractivity contribution in [2.75, 3.05) is 0 Å². The molecule has 7 rings (SSSR count). The van der Waals surface area contributed by atoms with Crippen LogP contribution in [-0.4, -0.2) is 44.0 Å². The van der Waals surface area contributed by atoms with E-state index in [4.69, 9.17) is 4.98 Å². The molecule has 0 radical (unpaired) electrons. The second-order valence-electron chi connectivity index (χ2n) is 7.27. The molecule has 32 heavy (non-hydrogen) atoms. The zero-order valence-electron chi connectivity index (χ0n) is 16.5. The van der Waals surface area contributed by atoms with E-state index < -0.39 is 0 Å². The van der Waals surface area contributed by atoms with Crippen molar-refractivity contribution in [1.29, 1.82) is 0 Å². The molecule has 7 aromatic heterocycles. The van der Waals surface area contributed by atoms with Crippen molar-refractivity contribution < 1.29 is 0 Å². The average molecular weight is 415 g/mol. The van der Waals surface area contributed by atoms with E-state index in [1.165, 1.54) is 12.7 Å². The van der Waals surface area contributed by atoms with Crippen molar-refractivity contribution >= 4 is 44.1 Å². The summed E-state index contributed by atoms with van der Waals surface area (Å²) in [6, 6.07) is 13.7. The number of hydrogen-bond donors (Lipinski definition) is 0. The lowest BCUT2D eigenvalue weighted by Gasteiger charge is -2.07. The Hall–Kier alpha value is -4.79. The predicted octanol–water partition coefficient (Wildman–Crippen LogP) is 3.65. The molecule has 0 spiro atoms. The van der Waals surface area contributed by atoms with Crippen LogP contribution in [0.5, 0.6) is 0 Å². The first-order valence-corrected chi connectivity index (χ1v) is 9.98. The van der Waals surface area contributed by atoms with Gasteiger partial charge in [-0.15, -0.1) is 0 Å². The van der Waals surface area contributed by atoms with Gasteiger partial charge in [-0.3, -0.25) is 19.1 Å². The van der Waals surface area contributed by atoms with Gasteiger partial charge in [0.15, 0.2) is 0 Å². The van der Waals surface area contributed by atoms with Crippen molar-refractivity contribution in [2.45, 2.75) is 0 Å². The topological polar surface area (TPSA) is 100 Å². The lowest BCUT2D eigenvalue weighted by atomic mass is 10.3. The van der Waals surface area contributed by atoms with E-state index in [0.717, 1.165) is 55.8 Å². The zero-order chi connectivity index (χ0) is 21.1. The largest absolute Gasteiger partial charge is 0.290 e. The quantitative estimate of drug-likeness (QED) is 0.425. The number of pyridine rings is 3. The average Bonchev–Trinajstić information content (AvgIpc) is 3.36. The summed E-state index contributed by atoms with van der Waals surface area (Å²) in [6.07, 6.45) is 10.1. The fraction of sp³-hybridized carbons (Fsp3) is 0. The smallest absolute Gasteiger partial charge is 0.141 e. The summed E-state index contributed by atoms with van der Waals surface area (Å²) in [5.41, 5.74) is 6.83. The zero-order valence-corrected chi connectivity index (χ0v) is 16.5. The SMILES string of the molecule is c1cnc2c3nc4c5ncccc5n(-c5ccncn5)c4cc3n(-c3ccncn3)c2c1. The molecule has 0 bridgehead atoms. The number of aromatic nitrogens is 9. The standard InChI is InChI=1S/C23H13N9/c1-3-14-20(26-7-1)22-16(31(14)18-5-9-24-12-28-18)11-17-23(30-22)21-15(4-2-8-27-21)32(17)19-6-10-25-13-29-19/h1-13H. The van der Waals surface area contributed by atoms with Gasteiger partial charge in [0, 0.05) is 24.8 Å². The Balaban J connectivity index is 1.71. The summed E-state index contributed by atoms with van der Waals surface area (Å²) in [4.78, 5) is 31.4. The summed E-state index contributed by atoms with van der Waals surface area (Å²) in [6.45, 7) is 0. The summed E-state index contributed by atoms with van der Waals surface area (Å²) in [5.74, 6) is 1.49. The van der Waals surface area contributed by atoms with Crippen LogP contribution in [0.3, 0.4) is 0 Å². The molecule has 9 nitrogen and oxygen atoms in total. The first-order chi connectivity index (χ1) is 15.9. The Labute approximate surface area is 180 Å². The van der Waals surface area contributed by atoms with Crippen molar-refractivity contribution in [1.82, 2.24) is 44.0 Å². The van der Waals surface area contributed by atoms with Crippen LogP contribution >= 0.6 is 0 Å². The minimum Gasteiger partial charge on any atom is -0.290 e. The molecular weight excluding hydrogens is 402 g/mol. The van der Waals surface area contributed by atoms with Crippen LogP contribution in [-0.2, 0) is 0 Å². The fourth-order valence-corrected chi connectivity index (χ4v) is 4.29. The van der Waals surface area contributed by atoms with Gasteiger partial charge in [-0.1, -0.05) is 0 Å². The first-order valence-electron chi connectivity index (χ1n) is 9.98. The number of rotatable bonds is 2. The predicted molar refractivity (Wildman–Crippen MR) is 120 cm³/mol. The molecule has 0 amide bonds. The molecule has 0 aliphatic rings. The molecule has 0 atom stereocenters. The highest BCUT2D eigenvalue weighted by Gasteiger charge is 2.21. The molecule has 0 saturated heterocycles. The fourth-order valence-electron chi connectivity index (χ4n) is 4.29. The normalized spacial score (nSPS) is 11.8. The summed E-state index contributed by atoms with van der Waals surface area (Å²) < 4.78 is 4.11. The molecular formula is C23H13N9. The molecule has 7 heterocycles. The summed E-state index contributed by atoms with van der Waals surface area (Å²) >= 11 is 0. The molecule has 7 aromatic rings. The second-order valence-corrected chi connectivity index (χ2v) is 7.27. The Morgan fingerprint density at radius 2 is 1.03 bits per heavy atom. The Morgan fingerprint density at radius 1 is 0.500 bits per heavy atom. The lowest BCUT2D eigenvalue weighted by Crippen LogP contribution is -1.99. The van der Waals surface area contributed by atoms with Crippen molar-refractivity contribution in [2.24, 2.45) is 0 Å². The summed E-state index contributed by atoms with van der Waals surface area (Å²) in [7, 11) is 0. The Kier molecular flexibility index (Phi) is 3.36. The highest BCUT2D eigenvalue weighted by Crippen LogP contribution is 2.35. The van der Waals surface area contributed by atoms with Crippen LogP contribution in [0, 0.1) is 0 Å². The van der Waals surface area contributed by atoms with Crippen LogP contribution in [0.4, 0.5) is 0 Å². The van der Waals surface area contributed by atoms with E-state index >= 15 is 0 Å². The van der Waals surface area contributed by atoms with Gasteiger partial charge in [0.25, 0.3) is 0 Å². The molecule has 9 heteroatoms. The number of hydrogen-bond acceptors (Lipinski definition) is 7. The van der Waals surface area contributed by atoms with Gasteiger partial charge in [0.1, 0.15) is 46.4 Å². The highest BCUT2D eigenvalue weighted by molar-refractivity contribution is 6.13. The van der Waals surface area contributed by atoms with Crippen LogP contribution < -0.4 is 0 Å². The van der Waals surface area contributed by atoms with Gasteiger partial charge in [0.05, 0.1) is 22.1 Å². The first kappa shape index (κ1) is 16.9. The van der Waals surface area contributed by atoms with Gasteiger partial charge in [-0.2, -0.15) is 0 Å². The molecule has 0 fully saturated rings. The molecule has 0 unspecified atom stereocenters. The van der Waals surface area contributed by atoms with Crippen LogP contribution in [0.1, 0.15) is 0 Å². The maximum Gasteiger partial charge on any atom is 0.141 e. The maximum absolute atomic E-state index is 5.07.